The number of hydrogen-bond donors (Lipinski definition) is 1. The molecule has 1 nitrogen and oxygen atoms in total. The van der Waals surface area contributed by atoms with Crippen molar-refractivity contribution >= 4 is 11.8 Å². The van der Waals surface area contributed by atoms with E-state index >= 15 is 0 Å². The topological polar surface area (TPSA) is 12.0 Å². The Bertz CT molecular complexity index is 525. The standard InChI is InChI=1S/C16H18FNS/c1-12(14-4-3-5-15(17)10-14)18-11-13-6-8-16(19-2)9-7-13/h3-10,12,18H,11H2,1-2H3/t12-/m0/s1. The Labute approximate surface area is 118 Å². The molecule has 2 aromatic rings. The summed E-state index contributed by atoms with van der Waals surface area (Å²) in [5.41, 5.74) is 2.21. The molecule has 1 N–H and O–H groups in total. The van der Waals surface area contributed by atoms with Crippen molar-refractivity contribution in [3.63, 3.8) is 0 Å². The van der Waals surface area contributed by atoms with Crippen molar-refractivity contribution in [2.45, 2.75) is 24.4 Å². The van der Waals surface area contributed by atoms with Gasteiger partial charge in [0.15, 0.2) is 0 Å². The minimum Gasteiger partial charge on any atom is -0.306 e. The van der Waals surface area contributed by atoms with Gasteiger partial charge in [0.25, 0.3) is 0 Å². The van der Waals surface area contributed by atoms with Crippen LogP contribution < -0.4 is 5.32 Å². The molecule has 0 spiro atoms. The molecule has 100 valence electrons. The third kappa shape index (κ3) is 4.08. The number of nitrogens with one attached hydrogen (secondary N) is 1. The lowest BCUT2D eigenvalue weighted by molar-refractivity contribution is 0.565. The Morgan fingerprint density at radius 1 is 1.16 bits per heavy atom. The zero-order valence-corrected chi connectivity index (χ0v) is 12.0. The average molecular weight is 275 g/mol. The fourth-order valence-electron chi connectivity index (χ4n) is 1.91. The maximum Gasteiger partial charge on any atom is 0.123 e. The monoisotopic (exact) mass is 275 g/mol. The Kier molecular flexibility index (Phi) is 5.00. The van der Waals surface area contributed by atoms with Crippen LogP contribution in [0.2, 0.25) is 0 Å². The van der Waals surface area contributed by atoms with Crippen molar-refractivity contribution in [3.05, 3.63) is 65.5 Å². The van der Waals surface area contributed by atoms with Crippen molar-refractivity contribution in [1.29, 1.82) is 0 Å². The summed E-state index contributed by atoms with van der Waals surface area (Å²) in [6.45, 7) is 2.83. The molecule has 0 aromatic heterocycles. The summed E-state index contributed by atoms with van der Waals surface area (Å²) in [6.07, 6.45) is 2.07. The zero-order chi connectivity index (χ0) is 13.7. The maximum atomic E-state index is 13.1. The van der Waals surface area contributed by atoms with E-state index in [0.717, 1.165) is 12.1 Å². The molecule has 2 rings (SSSR count). The van der Waals surface area contributed by atoms with Gasteiger partial charge in [-0.15, -0.1) is 11.8 Å². The molecule has 0 aliphatic carbocycles. The van der Waals surface area contributed by atoms with Crippen LogP contribution in [0.5, 0.6) is 0 Å². The van der Waals surface area contributed by atoms with E-state index in [9.17, 15) is 4.39 Å². The molecule has 19 heavy (non-hydrogen) atoms. The van der Waals surface area contributed by atoms with Crippen molar-refractivity contribution in [1.82, 2.24) is 5.32 Å². The van der Waals surface area contributed by atoms with Gasteiger partial charge in [-0.3, -0.25) is 0 Å². The van der Waals surface area contributed by atoms with Crippen molar-refractivity contribution < 1.29 is 4.39 Å². The zero-order valence-electron chi connectivity index (χ0n) is 11.2. The van der Waals surface area contributed by atoms with Crippen LogP contribution in [0.25, 0.3) is 0 Å². The molecule has 0 bridgehead atoms. The van der Waals surface area contributed by atoms with Crippen LogP contribution in [0.3, 0.4) is 0 Å². The number of thioether (sulfide) groups is 1. The second-order valence-electron chi connectivity index (χ2n) is 4.51. The van der Waals surface area contributed by atoms with E-state index < -0.39 is 0 Å². The summed E-state index contributed by atoms with van der Waals surface area (Å²) in [5.74, 6) is -0.185. The molecule has 0 aliphatic heterocycles. The molecule has 0 radical (unpaired) electrons. The smallest absolute Gasteiger partial charge is 0.123 e. The lowest BCUT2D eigenvalue weighted by Gasteiger charge is -2.14. The van der Waals surface area contributed by atoms with Gasteiger partial charge in [0, 0.05) is 17.5 Å². The van der Waals surface area contributed by atoms with Crippen molar-refractivity contribution in [3.8, 4) is 0 Å². The first-order valence-corrected chi connectivity index (χ1v) is 7.53. The first-order chi connectivity index (χ1) is 9.19. The molecule has 0 aliphatic rings. The predicted molar refractivity (Wildman–Crippen MR) is 79.9 cm³/mol. The molecular weight excluding hydrogens is 257 g/mol. The van der Waals surface area contributed by atoms with Crippen LogP contribution in [0.15, 0.2) is 53.4 Å². The molecular formula is C16H18FNS. The molecule has 0 fully saturated rings. The molecule has 3 heteroatoms. The van der Waals surface area contributed by atoms with Gasteiger partial charge in [0.2, 0.25) is 0 Å². The fourth-order valence-corrected chi connectivity index (χ4v) is 2.32. The highest BCUT2D eigenvalue weighted by Crippen LogP contribution is 2.17. The molecule has 0 amide bonds. The summed E-state index contributed by atoms with van der Waals surface area (Å²) >= 11 is 1.74. The van der Waals surface area contributed by atoms with Gasteiger partial charge in [-0.05, 0) is 48.6 Å². The van der Waals surface area contributed by atoms with Gasteiger partial charge in [0.1, 0.15) is 5.82 Å². The highest BCUT2D eigenvalue weighted by atomic mass is 32.2. The van der Waals surface area contributed by atoms with Gasteiger partial charge in [-0.25, -0.2) is 4.39 Å². The van der Waals surface area contributed by atoms with E-state index in [4.69, 9.17) is 0 Å². The summed E-state index contributed by atoms with van der Waals surface area (Å²) < 4.78 is 13.1. The van der Waals surface area contributed by atoms with Gasteiger partial charge >= 0.3 is 0 Å². The van der Waals surface area contributed by atoms with Gasteiger partial charge in [0.05, 0.1) is 0 Å². The van der Waals surface area contributed by atoms with Crippen molar-refractivity contribution in [2.75, 3.05) is 6.26 Å². The largest absolute Gasteiger partial charge is 0.306 e. The Morgan fingerprint density at radius 3 is 2.53 bits per heavy atom. The first-order valence-electron chi connectivity index (χ1n) is 6.31. The van der Waals surface area contributed by atoms with Gasteiger partial charge < -0.3 is 5.32 Å². The third-order valence-corrected chi connectivity index (χ3v) is 3.86. The lowest BCUT2D eigenvalue weighted by atomic mass is 10.1. The summed E-state index contributed by atoms with van der Waals surface area (Å²) in [5, 5.41) is 3.41. The molecule has 0 saturated carbocycles. The number of halogens is 1. The molecule has 1 atom stereocenters. The summed E-state index contributed by atoms with van der Waals surface area (Å²) in [7, 11) is 0. The van der Waals surface area contributed by atoms with Crippen LogP contribution in [0.1, 0.15) is 24.1 Å². The van der Waals surface area contributed by atoms with E-state index in [1.807, 2.05) is 13.0 Å². The second kappa shape index (κ2) is 6.73. The normalized spacial score (nSPS) is 12.4. The van der Waals surface area contributed by atoms with E-state index in [1.165, 1.54) is 16.5 Å². The molecule has 0 saturated heterocycles. The average Bonchev–Trinajstić information content (AvgIpc) is 2.45. The minimum absolute atomic E-state index is 0.135. The van der Waals surface area contributed by atoms with Gasteiger partial charge in [-0.2, -0.15) is 0 Å². The highest BCUT2D eigenvalue weighted by molar-refractivity contribution is 7.98. The highest BCUT2D eigenvalue weighted by Gasteiger charge is 2.05. The van der Waals surface area contributed by atoms with Crippen molar-refractivity contribution in [2.24, 2.45) is 0 Å². The van der Waals surface area contributed by atoms with E-state index in [-0.39, 0.29) is 11.9 Å². The van der Waals surface area contributed by atoms with E-state index in [2.05, 4.69) is 35.8 Å². The molecule has 0 unspecified atom stereocenters. The maximum absolute atomic E-state index is 13.1. The molecule has 2 aromatic carbocycles. The Morgan fingerprint density at radius 2 is 1.89 bits per heavy atom. The number of benzene rings is 2. The number of rotatable bonds is 5. The minimum atomic E-state index is -0.185. The predicted octanol–water partition coefficient (Wildman–Crippen LogP) is 4.40. The van der Waals surface area contributed by atoms with Crippen LogP contribution >= 0.6 is 11.8 Å². The fraction of sp³-hybridized carbons (Fsp3) is 0.250. The Hall–Kier alpha value is -1.32. The Balaban J connectivity index is 1.94. The quantitative estimate of drug-likeness (QED) is 0.812. The summed E-state index contributed by atoms with van der Waals surface area (Å²) in [4.78, 5) is 1.27. The van der Waals surface area contributed by atoms with Gasteiger partial charge in [-0.1, -0.05) is 24.3 Å². The van der Waals surface area contributed by atoms with E-state index in [0.29, 0.717) is 0 Å². The SMILES string of the molecule is CSc1ccc(CN[C@@H](C)c2cccc(F)c2)cc1. The second-order valence-corrected chi connectivity index (χ2v) is 5.39. The van der Waals surface area contributed by atoms with Crippen LogP contribution in [0, 0.1) is 5.82 Å². The van der Waals surface area contributed by atoms with Crippen LogP contribution in [0.4, 0.5) is 4.39 Å². The third-order valence-electron chi connectivity index (χ3n) is 3.12. The van der Waals surface area contributed by atoms with Crippen LogP contribution in [-0.4, -0.2) is 6.26 Å². The number of hydrogen-bond acceptors (Lipinski definition) is 2. The molecule has 0 heterocycles. The lowest BCUT2D eigenvalue weighted by Crippen LogP contribution is -2.18. The summed E-state index contributed by atoms with van der Waals surface area (Å²) in [6, 6.07) is 15.4. The first kappa shape index (κ1) is 14.1. The van der Waals surface area contributed by atoms with Crippen LogP contribution in [-0.2, 0) is 6.54 Å². The van der Waals surface area contributed by atoms with E-state index in [1.54, 1.807) is 23.9 Å².